The van der Waals surface area contributed by atoms with E-state index >= 15 is 0 Å². The van der Waals surface area contributed by atoms with Crippen molar-refractivity contribution in [2.75, 3.05) is 18.1 Å². The summed E-state index contributed by atoms with van der Waals surface area (Å²) in [6.45, 7) is 2.06. The molecule has 13 heavy (non-hydrogen) atoms. The van der Waals surface area contributed by atoms with Crippen molar-refractivity contribution in [3.05, 3.63) is 0 Å². The molecule has 2 atom stereocenters. The van der Waals surface area contributed by atoms with Gasteiger partial charge in [0.15, 0.2) is 0 Å². The molecule has 1 aliphatic heterocycles. The standard InChI is InChI=1S/C6H14N2O3S2/c1-6-2-4-12(9)5-3-8(6)13(7,10)11/h6H,2-5H2,1H3,(H2,7,10,11). The quantitative estimate of drug-likeness (QED) is 0.625. The lowest BCUT2D eigenvalue weighted by atomic mass is 10.3. The van der Waals surface area contributed by atoms with E-state index in [0.29, 0.717) is 17.9 Å². The third-order valence-corrected chi connectivity index (χ3v) is 4.65. The molecule has 0 bridgehead atoms. The minimum Gasteiger partial charge on any atom is -0.260 e. The first-order chi connectivity index (χ1) is 5.91. The molecule has 0 amide bonds. The van der Waals surface area contributed by atoms with Gasteiger partial charge in [-0.3, -0.25) is 4.21 Å². The Morgan fingerprint density at radius 2 is 2.08 bits per heavy atom. The maximum absolute atomic E-state index is 11.1. The first kappa shape index (κ1) is 11.1. The number of nitrogens with two attached hydrogens (primary N) is 1. The highest BCUT2D eigenvalue weighted by molar-refractivity contribution is 7.87. The van der Waals surface area contributed by atoms with E-state index < -0.39 is 21.0 Å². The zero-order valence-corrected chi connectivity index (χ0v) is 9.10. The second-order valence-corrected chi connectivity index (χ2v) is 6.34. The second-order valence-electron chi connectivity index (χ2n) is 3.14. The van der Waals surface area contributed by atoms with E-state index in [0.717, 1.165) is 0 Å². The molecule has 0 aliphatic carbocycles. The predicted octanol–water partition coefficient (Wildman–Crippen LogP) is -0.967. The van der Waals surface area contributed by atoms with Crippen molar-refractivity contribution in [1.82, 2.24) is 4.31 Å². The molecule has 1 rings (SSSR count). The normalized spacial score (nSPS) is 32.8. The van der Waals surface area contributed by atoms with Gasteiger partial charge in [0.05, 0.1) is 0 Å². The maximum Gasteiger partial charge on any atom is 0.277 e. The number of hydrogen-bond acceptors (Lipinski definition) is 3. The minimum absolute atomic E-state index is 0.138. The van der Waals surface area contributed by atoms with E-state index in [1.54, 1.807) is 6.92 Å². The summed E-state index contributed by atoms with van der Waals surface area (Å²) in [5.41, 5.74) is 0. The monoisotopic (exact) mass is 226 g/mol. The average molecular weight is 226 g/mol. The van der Waals surface area contributed by atoms with Gasteiger partial charge in [0.2, 0.25) is 0 Å². The molecular formula is C6H14N2O3S2. The van der Waals surface area contributed by atoms with Crippen molar-refractivity contribution in [2.24, 2.45) is 5.14 Å². The SMILES string of the molecule is CC1CCS(=O)CCN1S(N)(=O)=O. The molecule has 0 aromatic rings. The summed E-state index contributed by atoms with van der Waals surface area (Å²) in [6, 6.07) is -0.138. The molecule has 0 radical (unpaired) electrons. The Hall–Kier alpha value is 0.0200. The topological polar surface area (TPSA) is 80.5 Å². The van der Waals surface area contributed by atoms with Crippen molar-refractivity contribution in [1.29, 1.82) is 0 Å². The van der Waals surface area contributed by atoms with Gasteiger partial charge >= 0.3 is 0 Å². The van der Waals surface area contributed by atoms with Crippen LogP contribution < -0.4 is 5.14 Å². The zero-order valence-electron chi connectivity index (χ0n) is 7.47. The molecule has 7 heteroatoms. The van der Waals surface area contributed by atoms with Crippen LogP contribution in [0.15, 0.2) is 0 Å². The maximum atomic E-state index is 11.1. The van der Waals surface area contributed by atoms with Gasteiger partial charge in [-0.05, 0) is 13.3 Å². The van der Waals surface area contributed by atoms with Crippen molar-refractivity contribution in [3.63, 3.8) is 0 Å². The summed E-state index contributed by atoms with van der Waals surface area (Å²) in [7, 11) is -4.52. The summed E-state index contributed by atoms with van der Waals surface area (Å²) in [5.74, 6) is 0.952. The fraction of sp³-hybridized carbons (Fsp3) is 1.00. The Morgan fingerprint density at radius 3 is 2.62 bits per heavy atom. The van der Waals surface area contributed by atoms with Gasteiger partial charge in [0.25, 0.3) is 10.2 Å². The molecule has 5 nitrogen and oxygen atoms in total. The lowest BCUT2D eigenvalue weighted by Gasteiger charge is -2.22. The molecule has 2 unspecified atom stereocenters. The van der Waals surface area contributed by atoms with Crippen molar-refractivity contribution in [3.8, 4) is 0 Å². The highest BCUT2D eigenvalue weighted by atomic mass is 32.2. The van der Waals surface area contributed by atoms with Crippen LogP contribution in [0.4, 0.5) is 0 Å². The van der Waals surface area contributed by atoms with E-state index in [9.17, 15) is 12.6 Å². The first-order valence-corrected chi connectivity index (χ1v) is 7.05. The molecule has 78 valence electrons. The Labute approximate surface area is 80.9 Å². The summed E-state index contributed by atoms with van der Waals surface area (Å²) >= 11 is 0. The minimum atomic E-state index is -3.62. The van der Waals surface area contributed by atoms with Gasteiger partial charge < -0.3 is 0 Å². The van der Waals surface area contributed by atoms with Crippen LogP contribution in [0.25, 0.3) is 0 Å². The number of rotatable bonds is 1. The Morgan fingerprint density at radius 1 is 1.46 bits per heavy atom. The first-order valence-electron chi connectivity index (χ1n) is 4.06. The zero-order chi connectivity index (χ0) is 10.1. The third kappa shape index (κ3) is 3.01. The van der Waals surface area contributed by atoms with Gasteiger partial charge in [-0.2, -0.15) is 12.7 Å². The van der Waals surface area contributed by atoms with E-state index in [1.807, 2.05) is 0 Å². The predicted molar refractivity (Wildman–Crippen MR) is 51.8 cm³/mol. The van der Waals surface area contributed by atoms with Gasteiger partial charge in [0, 0.05) is 34.9 Å². The summed E-state index contributed by atoms with van der Waals surface area (Å²) in [4.78, 5) is 0. The van der Waals surface area contributed by atoms with Gasteiger partial charge in [-0.1, -0.05) is 0 Å². The fourth-order valence-electron chi connectivity index (χ4n) is 1.34. The van der Waals surface area contributed by atoms with Crippen LogP contribution in [0, 0.1) is 0 Å². The third-order valence-electron chi connectivity index (χ3n) is 2.12. The highest BCUT2D eigenvalue weighted by Crippen LogP contribution is 2.12. The smallest absolute Gasteiger partial charge is 0.260 e. The largest absolute Gasteiger partial charge is 0.277 e. The molecule has 1 heterocycles. The number of hydrogen-bond donors (Lipinski definition) is 1. The van der Waals surface area contributed by atoms with Crippen LogP contribution in [-0.4, -0.2) is 41.0 Å². The van der Waals surface area contributed by atoms with E-state index in [-0.39, 0.29) is 12.6 Å². The number of nitrogens with zero attached hydrogens (tertiary/aromatic N) is 1. The fourth-order valence-corrected chi connectivity index (χ4v) is 3.62. The molecular weight excluding hydrogens is 212 g/mol. The van der Waals surface area contributed by atoms with Crippen LogP contribution in [0.3, 0.4) is 0 Å². The van der Waals surface area contributed by atoms with Crippen LogP contribution >= 0.6 is 0 Å². The second kappa shape index (κ2) is 4.04. The molecule has 0 aromatic heterocycles. The van der Waals surface area contributed by atoms with E-state index in [2.05, 4.69) is 0 Å². The van der Waals surface area contributed by atoms with Crippen molar-refractivity contribution >= 4 is 21.0 Å². The van der Waals surface area contributed by atoms with Crippen LogP contribution in [0.2, 0.25) is 0 Å². The van der Waals surface area contributed by atoms with Gasteiger partial charge in [-0.15, -0.1) is 0 Å². The lowest BCUT2D eigenvalue weighted by molar-refractivity contribution is 0.351. The van der Waals surface area contributed by atoms with Crippen molar-refractivity contribution in [2.45, 2.75) is 19.4 Å². The van der Waals surface area contributed by atoms with Crippen LogP contribution in [0.1, 0.15) is 13.3 Å². The molecule has 1 saturated heterocycles. The summed E-state index contributed by atoms with van der Waals surface area (Å²) < 4.78 is 34.5. The summed E-state index contributed by atoms with van der Waals surface area (Å²) in [6.07, 6.45) is 0.614. The van der Waals surface area contributed by atoms with Gasteiger partial charge in [0.1, 0.15) is 0 Å². The van der Waals surface area contributed by atoms with E-state index in [4.69, 9.17) is 5.14 Å². The van der Waals surface area contributed by atoms with Crippen LogP contribution in [0.5, 0.6) is 0 Å². The molecule has 1 aliphatic rings. The molecule has 0 aromatic carbocycles. The molecule has 0 spiro atoms. The average Bonchev–Trinajstić information content (AvgIpc) is 2.12. The molecule has 2 N–H and O–H groups in total. The highest BCUT2D eigenvalue weighted by Gasteiger charge is 2.27. The van der Waals surface area contributed by atoms with E-state index in [1.165, 1.54) is 4.31 Å². The Bertz CT molecular complexity index is 301. The molecule has 0 saturated carbocycles. The Kier molecular flexibility index (Phi) is 3.44. The molecule has 1 fully saturated rings. The van der Waals surface area contributed by atoms with Crippen LogP contribution in [-0.2, 0) is 21.0 Å². The van der Waals surface area contributed by atoms with Crippen molar-refractivity contribution < 1.29 is 12.6 Å². The summed E-state index contributed by atoms with van der Waals surface area (Å²) in [5, 5.41) is 5.01. The Balaban J connectivity index is 2.80. The lowest BCUT2D eigenvalue weighted by Crippen LogP contribution is -2.43. The van der Waals surface area contributed by atoms with Gasteiger partial charge in [-0.25, -0.2) is 5.14 Å².